The van der Waals surface area contributed by atoms with Crippen LogP contribution in [-0.4, -0.2) is 18.3 Å². The second-order valence-corrected chi connectivity index (χ2v) is 8.24. The van der Waals surface area contributed by atoms with Crippen LogP contribution in [0, 0.1) is 5.92 Å². The number of aromatic nitrogens is 1. The van der Waals surface area contributed by atoms with Gasteiger partial charge in [-0.2, -0.15) is 0 Å². The quantitative estimate of drug-likeness (QED) is 0.381. The third-order valence-electron chi connectivity index (χ3n) is 5.13. The first-order valence-electron chi connectivity index (χ1n) is 11.1. The average molecular weight is 420 g/mol. The zero-order valence-corrected chi connectivity index (χ0v) is 20.7. The van der Waals surface area contributed by atoms with Crippen LogP contribution in [0.2, 0.25) is 0 Å². The summed E-state index contributed by atoms with van der Waals surface area (Å²) in [5.41, 5.74) is 5.74. The highest BCUT2D eigenvalue weighted by molar-refractivity contribution is 5.73. The second-order valence-electron chi connectivity index (χ2n) is 8.24. The molecule has 0 saturated carbocycles. The Morgan fingerprint density at radius 1 is 1.16 bits per heavy atom. The van der Waals surface area contributed by atoms with Crippen molar-refractivity contribution >= 4 is 17.7 Å². The van der Waals surface area contributed by atoms with Crippen LogP contribution >= 0.6 is 0 Å². The van der Waals surface area contributed by atoms with Crippen LogP contribution in [0.1, 0.15) is 53.5 Å². The summed E-state index contributed by atoms with van der Waals surface area (Å²) >= 11 is 0. The molecule has 1 aromatic rings. The molecule has 0 aromatic carbocycles. The normalized spacial score (nSPS) is 14.6. The summed E-state index contributed by atoms with van der Waals surface area (Å²) in [6, 6.07) is 0. The van der Waals surface area contributed by atoms with Crippen molar-refractivity contribution in [1.29, 1.82) is 0 Å². The molecule has 0 unspecified atom stereocenters. The standard InChI is InChI=1S/C29H41NO/c1-10-13-14-26(23(6)7)20-30-21-28(27(17-18-31-9)29(30)12-3)24(8)15-16-25(11-2)19-22(4)5/h10-17,21-22H,6,8,18-20H2,1-5,7,9H3/b13-10-,16-15-,25-11+,26-14-,27-17-,29-12+. The Kier molecular flexibility index (Phi) is 11.7. The molecule has 0 atom stereocenters. The first kappa shape index (κ1) is 26.5. The Morgan fingerprint density at radius 3 is 2.39 bits per heavy atom. The van der Waals surface area contributed by atoms with Gasteiger partial charge in [-0.3, -0.25) is 0 Å². The first-order chi connectivity index (χ1) is 14.8. The monoisotopic (exact) mass is 419 g/mol. The Morgan fingerprint density at radius 2 is 1.87 bits per heavy atom. The van der Waals surface area contributed by atoms with Crippen molar-refractivity contribution in [3.8, 4) is 0 Å². The lowest BCUT2D eigenvalue weighted by molar-refractivity contribution is 0.243. The molecule has 0 aliphatic heterocycles. The largest absolute Gasteiger partial charge is 0.381 e. The summed E-state index contributed by atoms with van der Waals surface area (Å²) in [5, 5.41) is 2.33. The first-order valence-corrected chi connectivity index (χ1v) is 11.1. The van der Waals surface area contributed by atoms with E-state index in [1.54, 1.807) is 7.11 Å². The highest BCUT2D eigenvalue weighted by Crippen LogP contribution is 2.16. The topological polar surface area (TPSA) is 14.2 Å². The van der Waals surface area contributed by atoms with Gasteiger partial charge in [0.05, 0.1) is 6.61 Å². The van der Waals surface area contributed by atoms with Gasteiger partial charge in [-0.05, 0) is 57.3 Å². The molecular weight excluding hydrogens is 378 g/mol. The molecule has 0 amide bonds. The molecule has 0 fully saturated rings. The van der Waals surface area contributed by atoms with Crippen LogP contribution in [0.4, 0.5) is 0 Å². The molecule has 2 nitrogen and oxygen atoms in total. The minimum atomic E-state index is 0.560. The maximum absolute atomic E-state index is 5.35. The third kappa shape index (κ3) is 8.22. The number of hydrogen-bond donors (Lipinski definition) is 0. The van der Waals surface area contributed by atoms with Crippen LogP contribution in [0.5, 0.6) is 0 Å². The summed E-state index contributed by atoms with van der Waals surface area (Å²) in [6.45, 7) is 22.6. The molecule has 168 valence electrons. The van der Waals surface area contributed by atoms with Gasteiger partial charge in [0.25, 0.3) is 0 Å². The van der Waals surface area contributed by atoms with Crippen LogP contribution in [-0.2, 0) is 11.3 Å². The van der Waals surface area contributed by atoms with E-state index in [0.717, 1.165) is 34.9 Å². The van der Waals surface area contributed by atoms with E-state index in [4.69, 9.17) is 4.74 Å². The number of rotatable bonds is 11. The Hall–Kier alpha value is -2.58. The molecule has 2 heteroatoms. The van der Waals surface area contributed by atoms with Crippen LogP contribution < -0.4 is 10.6 Å². The van der Waals surface area contributed by atoms with Crippen LogP contribution in [0.3, 0.4) is 0 Å². The van der Waals surface area contributed by atoms with E-state index in [-0.39, 0.29) is 0 Å². The van der Waals surface area contributed by atoms with E-state index in [0.29, 0.717) is 12.5 Å². The highest BCUT2D eigenvalue weighted by Gasteiger charge is 2.09. The fraction of sp³-hybridized carbons (Fsp3) is 0.379. The Balaban J connectivity index is 3.50. The van der Waals surface area contributed by atoms with E-state index in [1.165, 1.54) is 16.5 Å². The summed E-state index contributed by atoms with van der Waals surface area (Å²) in [4.78, 5) is 0. The van der Waals surface area contributed by atoms with E-state index >= 15 is 0 Å². The third-order valence-corrected chi connectivity index (χ3v) is 5.13. The molecule has 0 bridgehead atoms. The number of nitrogens with zero attached hydrogens (tertiary/aromatic N) is 1. The number of hydrogen-bond acceptors (Lipinski definition) is 1. The zero-order valence-electron chi connectivity index (χ0n) is 20.7. The van der Waals surface area contributed by atoms with Crippen molar-refractivity contribution in [3.05, 3.63) is 88.7 Å². The van der Waals surface area contributed by atoms with Gasteiger partial charge in [-0.1, -0.05) is 80.7 Å². The van der Waals surface area contributed by atoms with Gasteiger partial charge in [0.2, 0.25) is 0 Å². The van der Waals surface area contributed by atoms with E-state index in [2.05, 4.69) is 101 Å². The molecular formula is C29H41NO. The maximum atomic E-state index is 5.35. The molecule has 0 aliphatic rings. The van der Waals surface area contributed by atoms with Gasteiger partial charge >= 0.3 is 0 Å². The zero-order chi connectivity index (χ0) is 23.4. The molecule has 1 aromatic heterocycles. The molecule has 31 heavy (non-hydrogen) atoms. The van der Waals surface area contributed by atoms with Crippen molar-refractivity contribution in [2.24, 2.45) is 5.92 Å². The van der Waals surface area contributed by atoms with Gasteiger partial charge < -0.3 is 9.30 Å². The van der Waals surface area contributed by atoms with Gasteiger partial charge in [-0.25, -0.2) is 0 Å². The summed E-state index contributed by atoms with van der Waals surface area (Å²) < 4.78 is 7.63. The van der Waals surface area contributed by atoms with Crippen molar-refractivity contribution < 1.29 is 4.74 Å². The average Bonchev–Trinajstić information content (AvgIpc) is 3.08. The molecule has 0 saturated heterocycles. The van der Waals surface area contributed by atoms with Crippen molar-refractivity contribution in [1.82, 2.24) is 4.57 Å². The molecule has 1 heterocycles. The summed E-state index contributed by atoms with van der Waals surface area (Å²) in [5.74, 6) is 0.626. The molecule has 0 spiro atoms. The Labute approximate surface area is 190 Å². The smallest absolute Gasteiger partial charge is 0.0653 e. The molecule has 0 radical (unpaired) electrons. The molecule has 1 rings (SSSR count). The van der Waals surface area contributed by atoms with Gasteiger partial charge in [0, 0.05) is 36.0 Å². The lowest BCUT2D eigenvalue weighted by Crippen LogP contribution is -2.31. The highest BCUT2D eigenvalue weighted by atomic mass is 16.5. The summed E-state index contributed by atoms with van der Waals surface area (Å²) in [7, 11) is 1.72. The van der Waals surface area contributed by atoms with E-state index in [9.17, 15) is 0 Å². The van der Waals surface area contributed by atoms with Gasteiger partial charge in [0.1, 0.15) is 0 Å². The number of methoxy groups -OCH3 is 1. The predicted molar refractivity (Wildman–Crippen MR) is 139 cm³/mol. The lowest BCUT2D eigenvalue weighted by atomic mass is 10.0. The van der Waals surface area contributed by atoms with E-state index < -0.39 is 0 Å². The van der Waals surface area contributed by atoms with Crippen molar-refractivity contribution in [3.63, 3.8) is 0 Å². The second kappa shape index (κ2) is 13.7. The van der Waals surface area contributed by atoms with E-state index in [1.807, 2.05) is 13.0 Å². The number of allylic oxidation sites excluding steroid dienone is 10. The Bertz CT molecular complexity index is 990. The molecule has 0 N–H and O–H groups in total. The van der Waals surface area contributed by atoms with Crippen molar-refractivity contribution in [2.75, 3.05) is 13.7 Å². The van der Waals surface area contributed by atoms with Gasteiger partial charge in [-0.15, -0.1) is 0 Å². The SMILES string of the molecule is C=C(C)/C(=C\C=C/C)Cn1cc(C(=C)/C=C\C(=C/C)CC(C)C)c(=C/COC)/c1=C\C. The van der Waals surface area contributed by atoms with Crippen molar-refractivity contribution in [2.45, 2.75) is 54.5 Å². The van der Waals surface area contributed by atoms with Crippen LogP contribution in [0.15, 0.2) is 72.5 Å². The number of ether oxygens (including phenoxy) is 1. The maximum Gasteiger partial charge on any atom is 0.0653 e. The lowest BCUT2D eigenvalue weighted by Gasteiger charge is -2.09. The fourth-order valence-corrected chi connectivity index (χ4v) is 3.45. The fourth-order valence-electron chi connectivity index (χ4n) is 3.45. The van der Waals surface area contributed by atoms with Gasteiger partial charge in [0.15, 0.2) is 0 Å². The predicted octanol–water partition coefficient (Wildman–Crippen LogP) is 6.36. The molecule has 0 aliphatic carbocycles. The minimum absolute atomic E-state index is 0.560. The summed E-state index contributed by atoms with van der Waals surface area (Å²) in [6.07, 6.45) is 20.3. The van der Waals surface area contributed by atoms with Crippen LogP contribution in [0.25, 0.3) is 17.7 Å². The minimum Gasteiger partial charge on any atom is -0.381 e.